The first kappa shape index (κ1) is 21.5. The monoisotopic (exact) mass is 466 g/mol. The normalized spacial score (nSPS) is 35.2. The van der Waals surface area contributed by atoms with E-state index in [0.717, 1.165) is 43.4 Å². The summed E-state index contributed by atoms with van der Waals surface area (Å²) in [6, 6.07) is 4.50. The van der Waals surface area contributed by atoms with Crippen LogP contribution < -0.4 is 10.1 Å². The lowest BCUT2D eigenvalue weighted by molar-refractivity contribution is -0.131. The molecule has 1 amide bonds. The van der Waals surface area contributed by atoms with Crippen molar-refractivity contribution in [2.45, 2.75) is 61.8 Å². The SMILES string of the molecule is COc1ccc(S(=O)(=O)N2CCC[C@H](C(=O)NC34CC5CC(CC(C5)C3)C4)C2)cc1Cl. The molecule has 1 saturated heterocycles. The Labute approximate surface area is 189 Å². The molecule has 1 aliphatic heterocycles. The number of amides is 1. The van der Waals surface area contributed by atoms with E-state index in [2.05, 4.69) is 5.32 Å². The van der Waals surface area contributed by atoms with Crippen LogP contribution in [-0.2, 0) is 14.8 Å². The Hall–Kier alpha value is -1.31. The number of benzene rings is 1. The van der Waals surface area contributed by atoms with Crippen LogP contribution in [0, 0.1) is 23.7 Å². The summed E-state index contributed by atoms with van der Waals surface area (Å²) >= 11 is 6.15. The van der Waals surface area contributed by atoms with Gasteiger partial charge in [0, 0.05) is 18.6 Å². The number of halogens is 1. The zero-order valence-corrected chi connectivity index (χ0v) is 19.6. The highest BCUT2D eigenvalue weighted by molar-refractivity contribution is 7.89. The molecule has 4 saturated carbocycles. The molecular formula is C23H31ClN2O4S. The summed E-state index contributed by atoms with van der Waals surface area (Å²) in [6.07, 6.45) is 8.70. The van der Waals surface area contributed by atoms with Gasteiger partial charge in [-0.05, 0) is 87.3 Å². The summed E-state index contributed by atoms with van der Waals surface area (Å²) in [6.45, 7) is 0.650. The second-order valence-electron chi connectivity index (χ2n) is 10.2. The first-order valence-corrected chi connectivity index (χ1v) is 13.3. The number of hydrogen-bond acceptors (Lipinski definition) is 4. The number of nitrogens with one attached hydrogen (secondary N) is 1. The van der Waals surface area contributed by atoms with E-state index in [4.69, 9.17) is 16.3 Å². The van der Waals surface area contributed by atoms with Gasteiger partial charge in [-0.1, -0.05) is 11.6 Å². The van der Waals surface area contributed by atoms with Gasteiger partial charge in [-0.15, -0.1) is 0 Å². The number of sulfonamides is 1. The summed E-state index contributed by atoms with van der Waals surface area (Å²) in [5.74, 6) is 2.45. The lowest BCUT2D eigenvalue weighted by atomic mass is 9.53. The van der Waals surface area contributed by atoms with E-state index in [1.54, 1.807) is 6.07 Å². The molecule has 1 N–H and O–H groups in total. The van der Waals surface area contributed by atoms with E-state index >= 15 is 0 Å². The molecule has 8 heteroatoms. The molecular weight excluding hydrogens is 436 g/mol. The van der Waals surface area contributed by atoms with Gasteiger partial charge >= 0.3 is 0 Å². The summed E-state index contributed by atoms with van der Waals surface area (Å²) in [5, 5.41) is 3.69. The van der Waals surface area contributed by atoms with Crippen molar-refractivity contribution in [3.63, 3.8) is 0 Å². The predicted octanol–water partition coefficient (Wildman–Crippen LogP) is 3.83. The number of rotatable bonds is 5. The zero-order valence-electron chi connectivity index (χ0n) is 18.0. The molecule has 5 aliphatic rings. The van der Waals surface area contributed by atoms with Gasteiger partial charge in [0.2, 0.25) is 15.9 Å². The summed E-state index contributed by atoms with van der Waals surface area (Å²) in [4.78, 5) is 13.4. The molecule has 31 heavy (non-hydrogen) atoms. The van der Waals surface area contributed by atoms with Crippen LogP contribution in [0.15, 0.2) is 23.1 Å². The van der Waals surface area contributed by atoms with Crippen LogP contribution in [0.4, 0.5) is 0 Å². The van der Waals surface area contributed by atoms with Crippen molar-refractivity contribution >= 4 is 27.5 Å². The average Bonchev–Trinajstić information content (AvgIpc) is 2.72. The first-order chi connectivity index (χ1) is 14.8. The van der Waals surface area contributed by atoms with Gasteiger partial charge in [-0.3, -0.25) is 4.79 Å². The Morgan fingerprint density at radius 2 is 1.81 bits per heavy atom. The van der Waals surface area contributed by atoms with Crippen LogP contribution in [0.5, 0.6) is 5.75 Å². The molecule has 4 aliphatic carbocycles. The Bertz CT molecular complexity index is 945. The van der Waals surface area contributed by atoms with E-state index in [-0.39, 0.29) is 33.8 Å². The fraction of sp³-hybridized carbons (Fsp3) is 0.696. The van der Waals surface area contributed by atoms with Crippen LogP contribution in [0.1, 0.15) is 51.4 Å². The third kappa shape index (κ3) is 3.98. The van der Waals surface area contributed by atoms with Gasteiger partial charge in [0.25, 0.3) is 0 Å². The van der Waals surface area contributed by atoms with Gasteiger partial charge in [0.05, 0.1) is 22.9 Å². The minimum Gasteiger partial charge on any atom is -0.495 e. The summed E-state index contributed by atoms with van der Waals surface area (Å²) in [5.41, 5.74) is -0.0451. The molecule has 1 aromatic rings. The highest BCUT2D eigenvalue weighted by Crippen LogP contribution is 2.55. The number of methoxy groups -OCH3 is 1. The lowest BCUT2D eigenvalue weighted by Gasteiger charge is -2.57. The molecule has 0 unspecified atom stereocenters. The van der Waals surface area contributed by atoms with E-state index < -0.39 is 10.0 Å². The zero-order chi connectivity index (χ0) is 21.8. The van der Waals surface area contributed by atoms with Crippen molar-refractivity contribution in [1.29, 1.82) is 0 Å². The highest BCUT2D eigenvalue weighted by Gasteiger charge is 2.52. The third-order valence-corrected chi connectivity index (χ3v) is 10.1. The Kier molecular flexibility index (Phi) is 5.50. The van der Waals surface area contributed by atoms with Crippen molar-refractivity contribution in [1.82, 2.24) is 9.62 Å². The van der Waals surface area contributed by atoms with E-state index in [1.165, 1.54) is 42.8 Å². The van der Waals surface area contributed by atoms with Crippen LogP contribution in [0.25, 0.3) is 0 Å². The molecule has 0 aromatic heterocycles. The molecule has 4 bridgehead atoms. The fourth-order valence-corrected chi connectivity index (χ4v) is 8.83. The smallest absolute Gasteiger partial charge is 0.243 e. The Balaban J connectivity index is 1.29. The van der Waals surface area contributed by atoms with Crippen molar-refractivity contribution in [2.75, 3.05) is 20.2 Å². The molecule has 6 nitrogen and oxygen atoms in total. The van der Waals surface area contributed by atoms with E-state index in [1.807, 2.05) is 0 Å². The Morgan fingerprint density at radius 3 is 2.39 bits per heavy atom. The Morgan fingerprint density at radius 1 is 1.16 bits per heavy atom. The molecule has 1 atom stereocenters. The molecule has 5 fully saturated rings. The van der Waals surface area contributed by atoms with E-state index in [9.17, 15) is 13.2 Å². The number of carbonyl (C=O) groups excluding carboxylic acids is 1. The minimum absolute atomic E-state index is 0.0367. The standard InChI is InChI=1S/C23H31ClN2O4S/c1-30-21-5-4-19(10-20(21)24)31(28,29)26-6-2-3-18(14-26)22(27)25-23-11-15-7-16(12-23)9-17(8-15)13-23/h4-5,10,15-18H,2-3,6-9,11-14H2,1H3,(H,25,27)/t15?,16?,17?,18-,23?/m0/s1. The van der Waals surface area contributed by atoms with Crippen LogP contribution in [0.2, 0.25) is 5.02 Å². The summed E-state index contributed by atoms with van der Waals surface area (Å²) in [7, 11) is -2.22. The van der Waals surface area contributed by atoms with Gasteiger partial charge in [-0.25, -0.2) is 8.42 Å². The lowest BCUT2D eigenvalue weighted by Crippen LogP contribution is -2.61. The number of piperidine rings is 1. The van der Waals surface area contributed by atoms with Crippen LogP contribution in [0.3, 0.4) is 0 Å². The maximum atomic E-state index is 13.3. The summed E-state index contributed by atoms with van der Waals surface area (Å²) < 4.78 is 33.0. The van der Waals surface area contributed by atoms with Gasteiger partial charge in [0.1, 0.15) is 5.75 Å². The van der Waals surface area contributed by atoms with Crippen LogP contribution in [-0.4, -0.2) is 44.4 Å². The van der Waals surface area contributed by atoms with E-state index in [0.29, 0.717) is 18.7 Å². The molecule has 1 aromatic carbocycles. The number of nitrogens with zero attached hydrogens (tertiary/aromatic N) is 1. The fourth-order valence-electron chi connectivity index (χ4n) is 6.96. The molecule has 6 rings (SSSR count). The first-order valence-electron chi connectivity index (χ1n) is 11.4. The number of hydrogen-bond donors (Lipinski definition) is 1. The quantitative estimate of drug-likeness (QED) is 0.715. The van der Waals surface area contributed by atoms with Crippen molar-refractivity contribution < 1.29 is 17.9 Å². The predicted molar refractivity (Wildman–Crippen MR) is 119 cm³/mol. The minimum atomic E-state index is -3.72. The van der Waals surface area contributed by atoms with Gasteiger partial charge in [-0.2, -0.15) is 4.31 Å². The number of carbonyl (C=O) groups is 1. The van der Waals surface area contributed by atoms with Crippen molar-refractivity contribution in [2.24, 2.45) is 23.7 Å². The molecule has 0 spiro atoms. The second-order valence-corrected chi connectivity index (χ2v) is 12.5. The van der Waals surface area contributed by atoms with Gasteiger partial charge in [0.15, 0.2) is 0 Å². The van der Waals surface area contributed by atoms with Crippen molar-refractivity contribution in [3.05, 3.63) is 23.2 Å². The maximum absolute atomic E-state index is 13.3. The topological polar surface area (TPSA) is 75.7 Å². The maximum Gasteiger partial charge on any atom is 0.243 e. The largest absolute Gasteiger partial charge is 0.495 e. The second kappa shape index (κ2) is 7.92. The third-order valence-electron chi connectivity index (χ3n) is 7.94. The molecule has 170 valence electrons. The number of ether oxygens (including phenoxy) is 1. The molecule has 1 heterocycles. The molecule has 0 radical (unpaired) electrons. The van der Waals surface area contributed by atoms with Crippen LogP contribution >= 0.6 is 11.6 Å². The van der Waals surface area contributed by atoms with Gasteiger partial charge < -0.3 is 10.1 Å². The van der Waals surface area contributed by atoms with Crippen molar-refractivity contribution in [3.8, 4) is 5.75 Å². The highest BCUT2D eigenvalue weighted by atomic mass is 35.5. The average molecular weight is 467 g/mol.